The molecule has 3 atom stereocenters. The van der Waals surface area contributed by atoms with Gasteiger partial charge in [0.05, 0.1) is 27.9 Å². The second-order valence-corrected chi connectivity index (χ2v) is 10.1. The monoisotopic (exact) mass is 539 g/mol. The Hall–Kier alpha value is -3.32. The number of aliphatic imine (C=N–C) groups is 1. The quantitative estimate of drug-likeness (QED) is 0.275. The van der Waals surface area contributed by atoms with E-state index in [9.17, 15) is 9.59 Å². The molecular weight excluding hydrogens is 506 g/mol. The van der Waals surface area contributed by atoms with E-state index in [-0.39, 0.29) is 11.7 Å². The van der Waals surface area contributed by atoms with Crippen LogP contribution in [0.15, 0.2) is 52.7 Å². The Morgan fingerprint density at radius 1 is 1.00 bits per heavy atom. The highest BCUT2D eigenvalue weighted by atomic mass is 35.5. The van der Waals surface area contributed by atoms with E-state index in [1.807, 2.05) is 38.1 Å². The number of rotatable bonds is 9. The van der Waals surface area contributed by atoms with Gasteiger partial charge in [0.2, 0.25) is 5.75 Å². The van der Waals surface area contributed by atoms with Crippen molar-refractivity contribution in [3.63, 3.8) is 0 Å². The standard InChI is InChI=1S/C30H34ClNO6/c1-6-7-12-38-30(34)26-17(2)32-22-13-19(18-8-10-21(31)11-9-18)14-23(33)28(22)27(26)20-15-24(35-3)29(37-5)25(16-20)36-4/h8-11,15-16,19,26-27H,6-7,12-14H2,1-5H3. The normalized spacial score (nSPS) is 20.9. The highest BCUT2D eigenvalue weighted by molar-refractivity contribution is 6.30. The summed E-state index contributed by atoms with van der Waals surface area (Å²) in [5.74, 6) is -0.453. The number of hydrogen-bond donors (Lipinski definition) is 0. The summed E-state index contributed by atoms with van der Waals surface area (Å²) >= 11 is 6.09. The van der Waals surface area contributed by atoms with E-state index in [1.165, 1.54) is 21.3 Å². The average Bonchev–Trinajstić information content (AvgIpc) is 2.91. The summed E-state index contributed by atoms with van der Waals surface area (Å²) in [5, 5.41) is 0.647. The van der Waals surface area contributed by atoms with Crippen molar-refractivity contribution in [1.82, 2.24) is 0 Å². The van der Waals surface area contributed by atoms with E-state index in [4.69, 9.17) is 35.5 Å². The number of carbonyl (C=O) groups excluding carboxylic acids is 2. The Morgan fingerprint density at radius 3 is 2.24 bits per heavy atom. The molecule has 4 rings (SSSR count). The van der Waals surface area contributed by atoms with Crippen LogP contribution in [0, 0.1) is 5.92 Å². The van der Waals surface area contributed by atoms with Crippen molar-refractivity contribution < 1.29 is 28.5 Å². The maximum atomic E-state index is 13.8. The van der Waals surface area contributed by atoms with Crippen LogP contribution < -0.4 is 14.2 Å². The molecule has 8 heteroatoms. The van der Waals surface area contributed by atoms with Crippen molar-refractivity contribution in [1.29, 1.82) is 0 Å². The topological polar surface area (TPSA) is 83.4 Å². The number of nitrogens with zero attached hydrogens (tertiary/aromatic N) is 1. The molecule has 2 aromatic rings. The van der Waals surface area contributed by atoms with Crippen molar-refractivity contribution in [3.8, 4) is 17.2 Å². The van der Waals surface area contributed by atoms with Gasteiger partial charge in [0.1, 0.15) is 5.92 Å². The molecule has 0 saturated carbocycles. The molecule has 1 heterocycles. The van der Waals surface area contributed by atoms with E-state index in [1.54, 1.807) is 12.1 Å². The minimum Gasteiger partial charge on any atom is -0.493 e. The van der Waals surface area contributed by atoms with Gasteiger partial charge in [-0.05, 0) is 61.1 Å². The van der Waals surface area contributed by atoms with Crippen LogP contribution in [0.25, 0.3) is 0 Å². The van der Waals surface area contributed by atoms with Crippen LogP contribution in [0.2, 0.25) is 5.02 Å². The molecule has 1 aliphatic heterocycles. The third-order valence-electron chi connectivity index (χ3n) is 7.27. The fraction of sp³-hybridized carbons (Fsp3) is 0.433. The summed E-state index contributed by atoms with van der Waals surface area (Å²) in [4.78, 5) is 32.1. The molecule has 38 heavy (non-hydrogen) atoms. The van der Waals surface area contributed by atoms with Gasteiger partial charge in [-0.2, -0.15) is 0 Å². The van der Waals surface area contributed by atoms with Crippen molar-refractivity contribution in [2.24, 2.45) is 10.9 Å². The lowest BCUT2D eigenvalue weighted by Gasteiger charge is -2.36. The molecule has 0 N–H and O–H groups in total. The minimum atomic E-state index is -0.746. The molecule has 3 unspecified atom stereocenters. The SMILES string of the molecule is CCCCOC(=O)C1C(C)=NC2=C(C(=O)CC(c3ccc(Cl)cc3)C2)C1c1cc(OC)c(OC)c(OC)c1. The number of allylic oxidation sites excluding steroid dienone is 2. The molecule has 0 spiro atoms. The van der Waals surface area contributed by atoms with Gasteiger partial charge in [0.15, 0.2) is 17.3 Å². The van der Waals surface area contributed by atoms with E-state index in [0.717, 1.165) is 18.4 Å². The molecule has 0 bridgehead atoms. The van der Waals surface area contributed by atoms with Gasteiger partial charge < -0.3 is 18.9 Å². The Labute approximate surface area is 228 Å². The molecule has 202 valence electrons. The molecule has 2 aromatic carbocycles. The first kappa shape index (κ1) is 27.7. The number of methoxy groups -OCH3 is 3. The van der Waals surface area contributed by atoms with Crippen molar-refractivity contribution in [2.75, 3.05) is 27.9 Å². The molecule has 0 aromatic heterocycles. The van der Waals surface area contributed by atoms with E-state index in [2.05, 4.69) is 0 Å². The summed E-state index contributed by atoms with van der Waals surface area (Å²) in [6, 6.07) is 11.2. The fourth-order valence-corrected chi connectivity index (χ4v) is 5.51. The fourth-order valence-electron chi connectivity index (χ4n) is 5.38. The number of carbonyl (C=O) groups is 2. The molecule has 7 nitrogen and oxygen atoms in total. The summed E-state index contributed by atoms with van der Waals surface area (Å²) < 4.78 is 22.4. The van der Waals surface area contributed by atoms with E-state index >= 15 is 0 Å². The van der Waals surface area contributed by atoms with Gasteiger partial charge in [-0.3, -0.25) is 14.6 Å². The van der Waals surface area contributed by atoms with Crippen LogP contribution in [0.1, 0.15) is 62.5 Å². The molecule has 0 saturated heterocycles. The Bertz CT molecular complexity index is 1240. The number of ether oxygens (including phenoxy) is 4. The highest BCUT2D eigenvalue weighted by Gasteiger charge is 2.45. The second kappa shape index (κ2) is 12.0. The van der Waals surface area contributed by atoms with Crippen LogP contribution in [-0.4, -0.2) is 45.4 Å². The average molecular weight is 540 g/mol. The predicted molar refractivity (Wildman–Crippen MR) is 147 cm³/mol. The number of esters is 1. The van der Waals surface area contributed by atoms with Gasteiger partial charge >= 0.3 is 5.97 Å². The zero-order valence-electron chi connectivity index (χ0n) is 22.5. The van der Waals surface area contributed by atoms with Gasteiger partial charge in [-0.1, -0.05) is 37.1 Å². The van der Waals surface area contributed by atoms with Crippen LogP contribution >= 0.6 is 11.6 Å². The number of halogens is 1. The summed E-state index contributed by atoms with van der Waals surface area (Å²) in [7, 11) is 4.62. The number of unbranched alkanes of at least 4 members (excludes halogenated alkanes) is 1. The number of benzene rings is 2. The maximum Gasteiger partial charge on any atom is 0.315 e. The smallest absolute Gasteiger partial charge is 0.315 e. The van der Waals surface area contributed by atoms with Crippen LogP contribution in [0.5, 0.6) is 17.2 Å². The van der Waals surface area contributed by atoms with Gasteiger partial charge in [-0.25, -0.2) is 0 Å². The first-order valence-electron chi connectivity index (χ1n) is 12.9. The van der Waals surface area contributed by atoms with Crippen LogP contribution in [-0.2, 0) is 14.3 Å². The predicted octanol–water partition coefficient (Wildman–Crippen LogP) is 6.28. The second-order valence-electron chi connectivity index (χ2n) is 9.63. The Balaban J connectivity index is 1.83. The lowest BCUT2D eigenvalue weighted by atomic mass is 9.69. The molecule has 2 aliphatic rings. The van der Waals surface area contributed by atoms with Gasteiger partial charge in [0, 0.05) is 34.3 Å². The molecule has 1 aliphatic carbocycles. The lowest BCUT2D eigenvalue weighted by molar-refractivity contribution is -0.146. The highest BCUT2D eigenvalue weighted by Crippen LogP contribution is 2.49. The summed E-state index contributed by atoms with van der Waals surface area (Å²) in [6.45, 7) is 4.19. The molecule has 0 amide bonds. The van der Waals surface area contributed by atoms with Crippen LogP contribution in [0.3, 0.4) is 0 Å². The van der Waals surface area contributed by atoms with Crippen molar-refractivity contribution in [2.45, 2.75) is 51.4 Å². The van der Waals surface area contributed by atoms with Crippen LogP contribution in [0.4, 0.5) is 0 Å². The first-order chi connectivity index (χ1) is 18.3. The zero-order valence-corrected chi connectivity index (χ0v) is 23.3. The maximum absolute atomic E-state index is 13.8. The number of hydrogen-bond acceptors (Lipinski definition) is 7. The van der Waals surface area contributed by atoms with E-state index < -0.39 is 17.8 Å². The minimum absolute atomic E-state index is 0.0243. The third-order valence-corrected chi connectivity index (χ3v) is 7.52. The Morgan fingerprint density at radius 2 is 1.66 bits per heavy atom. The van der Waals surface area contributed by atoms with E-state index in [0.29, 0.717) is 64.3 Å². The van der Waals surface area contributed by atoms with Gasteiger partial charge in [-0.15, -0.1) is 0 Å². The summed E-state index contributed by atoms with van der Waals surface area (Å²) in [5.41, 5.74) is 3.61. The first-order valence-corrected chi connectivity index (χ1v) is 13.2. The molecule has 0 radical (unpaired) electrons. The number of Topliss-reactive ketones (excluding diaryl/α,β-unsaturated/α-hetero) is 1. The van der Waals surface area contributed by atoms with Crippen molar-refractivity contribution in [3.05, 3.63) is 63.8 Å². The number of ketones is 1. The molecular formula is C30H34ClNO6. The van der Waals surface area contributed by atoms with Crippen molar-refractivity contribution >= 4 is 29.1 Å². The summed E-state index contributed by atoms with van der Waals surface area (Å²) in [6.07, 6.45) is 2.56. The lowest BCUT2D eigenvalue weighted by Crippen LogP contribution is -2.38. The Kier molecular flexibility index (Phi) is 8.77. The van der Waals surface area contributed by atoms with Gasteiger partial charge in [0.25, 0.3) is 0 Å². The largest absolute Gasteiger partial charge is 0.493 e. The third kappa shape index (κ3) is 5.44. The zero-order chi connectivity index (χ0) is 27.4. The molecule has 0 fully saturated rings.